The first kappa shape index (κ1) is 16.1. The van der Waals surface area contributed by atoms with E-state index in [-0.39, 0.29) is 11.3 Å². The van der Waals surface area contributed by atoms with E-state index in [1.54, 1.807) is 0 Å². The number of aryl methyl sites for hydroxylation is 1. The molecule has 3 aliphatic rings. The molecule has 24 heavy (non-hydrogen) atoms. The summed E-state index contributed by atoms with van der Waals surface area (Å²) in [5.41, 5.74) is 3.13. The molecule has 2 atom stereocenters. The van der Waals surface area contributed by atoms with Crippen molar-refractivity contribution in [2.45, 2.75) is 43.9 Å². The van der Waals surface area contributed by atoms with E-state index in [4.69, 9.17) is 0 Å². The molecule has 3 heteroatoms. The Labute approximate surface area is 146 Å². The Morgan fingerprint density at radius 2 is 2.04 bits per heavy atom. The summed E-state index contributed by atoms with van der Waals surface area (Å²) in [4.78, 5) is 17.5. The van der Waals surface area contributed by atoms with E-state index in [1.165, 1.54) is 56.3 Å². The van der Waals surface area contributed by atoms with Crippen LogP contribution < -0.4 is 0 Å². The summed E-state index contributed by atoms with van der Waals surface area (Å²) in [5.74, 6) is 1.31. The van der Waals surface area contributed by atoms with Gasteiger partial charge in [0.05, 0.1) is 0 Å². The fraction of sp³-hybridized carbons (Fsp3) is 0.667. The summed E-state index contributed by atoms with van der Waals surface area (Å²) < 4.78 is 0. The predicted molar refractivity (Wildman–Crippen MR) is 97.0 cm³/mol. The summed E-state index contributed by atoms with van der Waals surface area (Å²) in [6.07, 6.45) is 7.15. The molecule has 1 aliphatic heterocycles. The van der Waals surface area contributed by atoms with Crippen molar-refractivity contribution in [2.75, 3.05) is 33.7 Å². The fourth-order valence-electron chi connectivity index (χ4n) is 5.14. The van der Waals surface area contributed by atoms with Crippen LogP contribution in [0.1, 0.15) is 43.2 Å². The molecule has 4 rings (SSSR count). The van der Waals surface area contributed by atoms with Gasteiger partial charge < -0.3 is 9.80 Å². The molecular weight excluding hydrogens is 296 g/mol. The molecule has 1 spiro atoms. The van der Waals surface area contributed by atoms with Crippen LogP contribution in [-0.2, 0) is 16.6 Å². The van der Waals surface area contributed by atoms with Crippen LogP contribution in [0.4, 0.5) is 0 Å². The van der Waals surface area contributed by atoms with Crippen molar-refractivity contribution in [1.82, 2.24) is 9.80 Å². The van der Waals surface area contributed by atoms with Gasteiger partial charge in [0.15, 0.2) is 0 Å². The van der Waals surface area contributed by atoms with Gasteiger partial charge >= 0.3 is 0 Å². The molecule has 1 amide bonds. The highest BCUT2D eigenvalue weighted by molar-refractivity contribution is 5.84. The maximum absolute atomic E-state index is 13.0. The van der Waals surface area contributed by atoms with Gasteiger partial charge in [0, 0.05) is 24.9 Å². The van der Waals surface area contributed by atoms with Gasteiger partial charge in [0.1, 0.15) is 0 Å². The molecule has 0 N–H and O–H groups in total. The minimum atomic E-state index is 0.174. The highest BCUT2D eigenvalue weighted by atomic mass is 16.2. The van der Waals surface area contributed by atoms with Crippen molar-refractivity contribution in [1.29, 1.82) is 0 Å². The lowest BCUT2D eigenvalue weighted by Gasteiger charge is -2.32. The van der Waals surface area contributed by atoms with E-state index in [1.807, 2.05) is 11.9 Å². The summed E-state index contributed by atoms with van der Waals surface area (Å²) in [6.45, 7) is 3.29. The molecule has 0 unspecified atom stereocenters. The van der Waals surface area contributed by atoms with Crippen molar-refractivity contribution in [2.24, 2.45) is 11.8 Å². The Bertz CT molecular complexity index is 620. The van der Waals surface area contributed by atoms with Crippen LogP contribution in [0.15, 0.2) is 24.3 Å². The topological polar surface area (TPSA) is 23.6 Å². The maximum Gasteiger partial charge on any atom is 0.226 e. The van der Waals surface area contributed by atoms with Gasteiger partial charge in [-0.1, -0.05) is 24.3 Å². The lowest BCUT2D eigenvalue weighted by atomic mass is 9.78. The van der Waals surface area contributed by atoms with Crippen LogP contribution in [0.2, 0.25) is 0 Å². The molecule has 1 saturated carbocycles. The number of benzene rings is 1. The quantitative estimate of drug-likeness (QED) is 0.852. The number of nitrogens with zero attached hydrogens (tertiary/aromatic N) is 2. The lowest BCUT2D eigenvalue weighted by molar-refractivity contribution is -0.132. The van der Waals surface area contributed by atoms with E-state index >= 15 is 0 Å². The van der Waals surface area contributed by atoms with Crippen molar-refractivity contribution in [3.05, 3.63) is 35.4 Å². The molecule has 2 aliphatic carbocycles. The molecule has 1 saturated heterocycles. The molecule has 0 bridgehead atoms. The normalized spacial score (nSPS) is 30.2. The van der Waals surface area contributed by atoms with Crippen LogP contribution in [0.5, 0.6) is 0 Å². The van der Waals surface area contributed by atoms with Gasteiger partial charge in [0.2, 0.25) is 5.91 Å². The third-order valence-electron chi connectivity index (χ3n) is 6.74. The largest absolute Gasteiger partial charge is 0.345 e. The van der Waals surface area contributed by atoms with Gasteiger partial charge in [-0.05, 0) is 75.7 Å². The van der Waals surface area contributed by atoms with E-state index in [9.17, 15) is 4.79 Å². The Hall–Kier alpha value is -1.35. The summed E-state index contributed by atoms with van der Waals surface area (Å²) in [7, 11) is 4.22. The number of rotatable bonds is 3. The number of hydrogen-bond donors (Lipinski definition) is 0. The second-order valence-electron chi connectivity index (χ2n) is 8.39. The number of likely N-dealkylation sites (tertiary alicyclic amines) is 1. The Morgan fingerprint density at radius 3 is 2.83 bits per heavy atom. The van der Waals surface area contributed by atoms with Crippen LogP contribution in [0, 0.1) is 11.8 Å². The molecule has 2 fully saturated rings. The van der Waals surface area contributed by atoms with Crippen molar-refractivity contribution >= 4 is 5.91 Å². The highest BCUT2D eigenvalue weighted by Gasteiger charge is 2.60. The zero-order valence-electron chi connectivity index (χ0n) is 15.1. The van der Waals surface area contributed by atoms with E-state index in [0.29, 0.717) is 11.8 Å². The smallest absolute Gasteiger partial charge is 0.226 e. The zero-order valence-corrected chi connectivity index (χ0v) is 15.1. The lowest BCUT2D eigenvalue weighted by Crippen LogP contribution is -2.39. The molecule has 1 aromatic rings. The molecule has 130 valence electrons. The van der Waals surface area contributed by atoms with Gasteiger partial charge in [-0.25, -0.2) is 0 Å². The van der Waals surface area contributed by atoms with Crippen molar-refractivity contribution < 1.29 is 4.79 Å². The third-order valence-corrected chi connectivity index (χ3v) is 6.74. The number of amides is 1. The van der Waals surface area contributed by atoms with Crippen LogP contribution in [-0.4, -0.2) is 49.4 Å². The van der Waals surface area contributed by atoms with Crippen LogP contribution in [0.3, 0.4) is 0 Å². The average Bonchev–Trinajstić information content (AvgIpc) is 3.31. The van der Waals surface area contributed by atoms with Crippen molar-refractivity contribution in [3.63, 3.8) is 0 Å². The molecule has 0 radical (unpaired) electrons. The van der Waals surface area contributed by atoms with E-state index < -0.39 is 0 Å². The summed E-state index contributed by atoms with van der Waals surface area (Å²) >= 11 is 0. The monoisotopic (exact) mass is 326 g/mol. The van der Waals surface area contributed by atoms with Gasteiger partial charge in [0.25, 0.3) is 0 Å². The standard InChI is InChI=1S/C21H30N2O/c1-22-12-9-16(10-13-22)15-23(2)20(24)19-14-21(19)11-5-7-17-6-3-4-8-18(17)21/h3-4,6,8,16,19H,5,7,9-15H2,1-2H3/t19-,21+/m0/s1. The first-order valence-electron chi connectivity index (χ1n) is 9.62. The zero-order chi connectivity index (χ0) is 16.7. The number of carbonyl (C=O) groups is 1. The second-order valence-corrected chi connectivity index (χ2v) is 8.39. The van der Waals surface area contributed by atoms with Gasteiger partial charge in [-0.3, -0.25) is 4.79 Å². The van der Waals surface area contributed by atoms with Gasteiger partial charge in [-0.15, -0.1) is 0 Å². The number of fused-ring (bicyclic) bond motifs is 2. The molecule has 0 aromatic heterocycles. The first-order chi connectivity index (χ1) is 11.6. The number of piperidine rings is 1. The van der Waals surface area contributed by atoms with Gasteiger partial charge in [-0.2, -0.15) is 0 Å². The summed E-state index contributed by atoms with van der Waals surface area (Å²) in [5, 5.41) is 0. The number of carbonyl (C=O) groups excluding carboxylic acids is 1. The molecule has 1 heterocycles. The molecule has 1 aromatic carbocycles. The maximum atomic E-state index is 13.0. The second kappa shape index (κ2) is 6.18. The Kier molecular flexibility index (Phi) is 4.16. The van der Waals surface area contributed by atoms with Crippen molar-refractivity contribution in [3.8, 4) is 0 Å². The first-order valence-corrected chi connectivity index (χ1v) is 9.62. The third kappa shape index (κ3) is 2.77. The van der Waals surface area contributed by atoms with Crippen LogP contribution >= 0.6 is 0 Å². The highest BCUT2D eigenvalue weighted by Crippen LogP contribution is 2.60. The molecular formula is C21H30N2O. The Morgan fingerprint density at radius 1 is 1.29 bits per heavy atom. The average molecular weight is 326 g/mol. The summed E-state index contributed by atoms with van der Waals surface area (Å²) in [6, 6.07) is 8.83. The molecule has 3 nitrogen and oxygen atoms in total. The predicted octanol–water partition coefficient (Wildman–Crippen LogP) is 3.08. The minimum Gasteiger partial charge on any atom is -0.345 e. The minimum absolute atomic E-state index is 0.174. The Balaban J connectivity index is 1.42. The van der Waals surface area contributed by atoms with E-state index in [0.717, 1.165) is 13.0 Å². The van der Waals surface area contributed by atoms with E-state index in [2.05, 4.69) is 36.2 Å². The SMILES string of the molecule is CN1CCC(CN(C)C(=O)[C@@H]2C[C@@]23CCCc2ccccc23)CC1. The fourth-order valence-corrected chi connectivity index (χ4v) is 5.14. The van der Waals surface area contributed by atoms with Crippen LogP contribution in [0.25, 0.3) is 0 Å². The number of hydrogen-bond acceptors (Lipinski definition) is 2.